The number of anilines is 1. The molecule has 2 aliphatic rings. The lowest BCUT2D eigenvalue weighted by atomic mass is 10.0. The van der Waals surface area contributed by atoms with Crippen LogP contribution >= 0.6 is 0 Å². The van der Waals surface area contributed by atoms with Crippen LogP contribution in [-0.2, 0) is 25.5 Å². The van der Waals surface area contributed by atoms with Gasteiger partial charge >= 0.3 is 5.97 Å². The standard InChI is InChI=1S/C22H30N2O5/c1-4-22(2,3)23-13-16(29-21(26)15-8-10-27-11-9-15)14-28-19-7-5-6-18-17(19)12-20(25)24-18/h4-7,15-16,23H,1,8-14H2,2-3H3,(H,24,25). The molecule has 3 rings (SSSR count). The molecule has 0 aromatic heterocycles. The normalized spacial score (nSPS) is 17.9. The summed E-state index contributed by atoms with van der Waals surface area (Å²) in [4.78, 5) is 24.3. The van der Waals surface area contributed by atoms with Crippen molar-refractivity contribution in [1.82, 2.24) is 5.32 Å². The maximum Gasteiger partial charge on any atom is 0.309 e. The Hall–Kier alpha value is -2.38. The van der Waals surface area contributed by atoms with Gasteiger partial charge in [0.15, 0.2) is 0 Å². The van der Waals surface area contributed by atoms with E-state index in [-0.39, 0.29) is 29.9 Å². The van der Waals surface area contributed by atoms with Crippen molar-refractivity contribution < 1.29 is 23.8 Å². The molecule has 2 N–H and O–H groups in total. The molecule has 29 heavy (non-hydrogen) atoms. The number of hydrogen-bond donors (Lipinski definition) is 2. The molecule has 2 aliphatic heterocycles. The zero-order valence-electron chi connectivity index (χ0n) is 17.2. The van der Waals surface area contributed by atoms with Gasteiger partial charge < -0.3 is 24.8 Å². The topological polar surface area (TPSA) is 85.9 Å². The lowest BCUT2D eigenvalue weighted by Gasteiger charge is -2.28. The summed E-state index contributed by atoms with van der Waals surface area (Å²) in [6.07, 6.45) is 2.99. The van der Waals surface area contributed by atoms with Crippen molar-refractivity contribution in [3.05, 3.63) is 36.4 Å². The number of carbonyl (C=O) groups excluding carboxylic acids is 2. The number of hydrogen-bond acceptors (Lipinski definition) is 6. The largest absolute Gasteiger partial charge is 0.489 e. The van der Waals surface area contributed by atoms with Gasteiger partial charge in [-0.25, -0.2) is 0 Å². The van der Waals surface area contributed by atoms with Crippen LogP contribution in [0, 0.1) is 5.92 Å². The SMILES string of the molecule is C=CC(C)(C)NCC(COc1cccc2c1CC(=O)N2)OC(=O)C1CCOCC1. The smallest absolute Gasteiger partial charge is 0.309 e. The minimum Gasteiger partial charge on any atom is -0.489 e. The molecule has 158 valence electrons. The summed E-state index contributed by atoms with van der Waals surface area (Å²) >= 11 is 0. The van der Waals surface area contributed by atoms with E-state index in [0.29, 0.717) is 44.8 Å². The monoisotopic (exact) mass is 402 g/mol. The van der Waals surface area contributed by atoms with Gasteiger partial charge in [0, 0.05) is 36.5 Å². The second-order valence-corrected chi connectivity index (χ2v) is 8.07. The Morgan fingerprint density at radius 3 is 2.90 bits per heavy atom. The first-order chi connectivity index (χ1) is 13.9. The van der Waals surface area contributed by atoms with E-state index < -0.39 is 6.10 Å². The summed E-state index contributed by atoms with van der Waals surface area (Å²) in [5.41, 5.74) is 1.31. The fourth-order valence-electron chi connectivity index (χ4n) is 3.32. The predicted molar refractivity (Wildman–Crippen MR) is 110 cm³/mol. The van der Waals surface area contributed by atoms with Crippen LogP contribution in [0.4, 0.5) is 5.69 Å². The first-order valence-corrected chi connectivity index (χ1v) is 10.1. The Morgan fingerprint density at radius 2 is 2.17 bits per heavy atom. The van der Waals surface area contributed by atoms with Crippen molar-refractivity contribution >= 4 is 17.6 Å². The molecule has 2 heterocycles. The van der Waals surface area contributed by atoms with E-state index in [9.17, 15) is 9.59 Å². The molecule has 7 heteroatoms. The zero-order valence-corrected chi connectivity index (χ0v) is 17.2. The minimum absolute atomic E-state index is 0.0482. The van der Waals surface area contributed by atoms with Gasteiger partial charge in [0.2, 0.25) is 5.91 Å². The Labute approximate surface area is 171 Å². The summed E-state index contributed by atoms with van der Waals surface area (Å²) in [6.45, 7) is 9.62. The molecule has 0 bridgehead atoms. The molecule has 7 nitrogen and oxygen atoms in total. The Kier molecular flexibility index (Phi) is 6.92. The van der Waals surface area contributed by atoms with Crippen molar-refractivity contribution in [1.29, 1.82) is 0 Å². The number of ether oxygens (including phenoxy) is 3. The first-order valence-electron chi connectivity index (χ1n) is 10.1. The zero-order chi connectivity index (χ0) is 20.9. The van der Waals surface area contributed by atoms with Crippen LogP contribution < -0.4 is 15.4 Å². The van der Waals surface area contributed by atoms with Crippen molar-refractivity contribution in [2.24, 2.45) is 5.92 Å². The third-order valence-electron chi connectivity index (χ3n) is 5.30. The highest BCUT2D eigenvalue weighted by atomic mass is 16.6. The summed E-state index contributed by atoms with van der Waals surface area (Å²) in [6, 6.07) is 5.52. The van der Waals surface area contributed by atoms with Gasteiger partial charge in [0.25, 0.3) is 0 Å². The highest BCUT2D eigenvalue weighted by molar-refractivity contribution is 6.00. The van der Waals surface area contributed by atoms with Crippen molar-refractivity contribution in [2.75, 3.05) is 31.7 Å². The number of amides is 1. The second-order valence-electron chi connectivity index (χ2n) is 8.07. The highest BCUT2D eigenvalue weighted by Gasteiger charge is 2.28. The number of rotatable bonds is 9. The number of benzene rings is 1. The van der Waals surface area contributed by atoms with Gasteiger partial charge in [0.1, 0.15) is 18.5 Å². The molecular formula is C22H30N2O5. The third kappa shape index (κ3) is 5.81. The van der Waals surface area contributed by atoms with Crippen LogP contribution in [-0.4, -0.2) is 49.9 Å². The van der Waals surface area contributed by atoms with Crippen molar-refractivity contribution in [3.8, 4) is 5.75 Å². The molecule has 1 aromatic rings. The van der Waals surface area contributed by atoms with E-state index >= 15 is 0 Å². The van der Waals surface area contributed by atoms with Crippen LogP contribution in [0.2, 0.25) is 0 Å². The van der Waals surface area contributed by atoms with Gasteiger partial charge in [-0.1, -0.05) is 12.1 Å². The fourth-order valence-corrected chi connectivity index (χ4v) is 3.32. The molecule has 0 saturated carbocycles. The molecule has 0 aliphatic carbocycles. The second kappa shape index (κ2) is 9.41. The van der Waals surface area contributed by atoms with Crippen LogP contribution in [0.5, 0.6) is 5.75 Å². The molecule has 1 amide bonds. The molecule has 1 atom stereocenters. The van der Waals surface area contributed by atoms with Gasteiger partial charge in [-0.15, -0.1) is 6.58 Å². The molecule has 1 saturated heterocycles. The summed E-state index contributed by atoms with van der Waals surface area (Å²) in [7, 11) is 0. The van der Waals surface area contributed by atoms with E-state index in [2.05, 4.69) is 17.2 Å². The molecule has 1 unspecified atom stereocenters. The molecule has 0 radical (unpaired) electrons. The average molecular weight is 402 g/mol. The average Bonchev–Trinajstić information content (AvgIpc) is 3.11. The molecule has 0 spiro atoms. The summed E-state index contributed by atoms with van der Waals surface area (Å²) in [5, 5.41) is 6.16. The van der Waals surface area contributed by atoms with Gasteiger partial charge in [-0.2, -0.15) is 0 Å². The summed E-state index contributed by atoms with van der Waals surface area (Å²) < 4.78 is 17.1. The lowest BCUT2D eigenvalue weighted by Crippen LogP contribution is -2.45. The maximum absolute atomic E-state index is 12.6. The number of nitrogens with one attached hydrogen (secondary N) is 2. The van der Waals surface area contributed by atoms with Crippen LogP contribution in [0.1, 0.15) is 32.3 Å². The quantitative estimate of drug-likeness (QED) is 0.488. The third-order valence-corrected chi connectivity index (χ3v) is 5.30. The fraction of sp³-hybridized carbons (Fsp3) is 0.545. The first kappa shape index (κ1) is 21.3. The van der Waals surface area contributed by atoms with Crippen LogP contribution in [0.15, 0.2) is 30.9 Å². The summed E-state index contributed by atoms with van der Waals surface area (Å²) in [5.74, 6) is 0.237. The van der Waals surface area contributed by atoms with Crippen molar-refractivity contribution in [3.63, 3.8) is 0 Å². The van der Waals surface area contributed by atoms with E-state index in [1.165, 1.54) is 0 Å². The maximum atomic E-state index is 12.6. The Bertz CT molecular complexity index is 756. The number of esters is 1. The Morgan fingerprint density at radius 1 is 1.41 bits per heavy atom. The van der Waals surface area contributed by atoms with Gasteiger partial charge in [0.05, 0.1) is 12.3 Å². The molecule has 1 aromatic carbocycles. The van der Waals surface area contributed by atoms with E-state index in [4.69, 9.17) is 14.2 Å². The van der Waals surface area contributed by atoms with Crippen LogP contribution in [0.25, 0.3) is 0 Å². The van der Waals surface area contributed by atoms with Gasteiger partial charge in [-0.3, -0.25) is 9.59 Å². The van der Waals surface area contributed by atoms with Crippen LogP contribution in [0.3, 0.4) is 0 Å². The number of carbonyl (C=O) groups is 2. The lowest BCUT2D eigenvalue weighted by molar-refractivity contribution is -0.158. The van der Waals surface area contributed by atoms with E-state index in [0.717, 1.165) is 11.3 Å². The predicted octanol–water partition coefficient (Wildman–Crippen LogP) is 2.45. The Balaban J connectivity index is 1.64. The molecule has 1 fully saturated rings. The molecular weight excluding hydrogens is 372 g/mol. The minimum atomic E-state index is -0.467. The van der Waals surface area contributed by atoms with Crippen molar-refractivity contribution in [2.45, 2.75) is 44.8 Å². The van der Waals surface area contributed by atoms with E-state index in [1.807, 2.05) is 38.1 Å². The van der Waals surface area contributed by atoms with E-state index in [1.54, 1.807) is 0 Å². The number of fused-ring (bicyclic) bond motifs is 1. The highest BCUT2D eigenvalue weighted by Crippen LogP contribution is 2.31. The van der Waals surface area contributed by atoms with Gasteiger partial charge in [-0.05, 0) is 38.8 Å².